The molecular weight excluding hydrogens is 345 g/mol. The second-order valence-corrected chi connectivity index (χ2v) is 6.36. The van der Waals surface area contributed by atoms with Gasteiger partial charge in [-0.15, -0.1) is 0 Å². The SMILES string of the molecule is CC(=O)NC(c1ccc(Cl)cc1Cl)c1c(O)ccc2ccccc12. The van der Waals surface area contributed by atoms with E-state index in [0.717, 1.165) is 10.8 Å². The van der Waals surface area contributed by atoms with E-state index in [1.165, 1.54) is 6.92 Å². The highest BCUT2D eigenvalue weighted by atomic mass is 35.5. The molecule has 3 aromatic rings. The summed E-state index contributed by atoms with van der Waals surface area (Å²) in [6.07, 6.45) is 0. The highest BCUT2D eigenvalue weighted by Gasteiger charge is 2.23. The van der Waals surface area contributed by atoms with Crippen LogP contribution in [-0.4, -0.2) is 11.0 Å². The molecule has 0 aromatic heterocycles. The van der Waals surface area contributed by atoms with Crippen LogP contribution in [0.3, 0.4) is 0 Å². The number of phenolic OH excluding ortho intramolecular Hbond substituents is 1. The Morgan fingerprint density at radius 2 is 1.83 bits per heavy atom. The normalized spacial score (nSPS) is 12.1. The van der Waals surface area contributed by atoms with Crippen LogP contribution < -0.4 is 5.32 Å². The van der Waals surface area contributed by atoms with Gasteiger partial charge in [-0.1, -0.05) is 59.6 Å². The third-order valence-electron chi connectivity index (χ3n) is 3.86. The van der Waals surface area contributed by atoms with Crippen LogP contribution in [0.1, 0.15) is 24.1 Å². The Balaban J connectivity index is 2.27. The fraction of sp³-hybridized carbons (Fsp3) is 0.105. The lowest BCUT2D eigenvalue weighted by atomic mass is 9.92. The maximum absolute atomic E-state index is 11.8. The number of amides is 1. The Morgan fingerprint density at radius 1 is 1.08 bits per heavy atom. The summed E-state index contributed by atoms with van der Waals surface area (Å²) in [5.74, 6) is -0.128. The van der Waals surface area contributed by atoms with Gasteiger partial charge < -0.3 is 10.4 Å². The Bertz CT molecular complexity index is 924. The van der Waals surface area contributed by atoms with Crippen LogP contribution in [0.2, 0.25) is 10.0 Å². The van der Waals surface area contributed by atoms with Gasteiger partial charge in [-0.05, 0) is 34.5 Å². The second-order valence-electron chi connectivity index (χ2n) is 5.52. The number of fused-ring (bicyclic) bond motifs is 1. The average molecular weight is 360 g/mol. The molecule has 0 fully saturated rings. The lowest BCUT2D eigenvalue weighted by Gasteiger charge is -2.23. The van der Waals surface area contributed by atoms with Crippen LogP contribution >= 0.6 is 23.2 Å². The van der Waals surface area contributed by atoms with Crippen LogP contribution in [0.5, 0.6) is 5.75 Å². The van der Waals surface area contributed by atoms with Gasteiger partial charge in [-0.3, -0.25) is 4.79 Å². The molecule has 0 heterocycles. The van der Waals surface area contributed by atoms with Crippen molar-refractivity contribution in [2.45, 2.75) is 13.0 Å². The summed E-state index contributed by atoms with van der Waals surface area (Å²) < 4.78 is 0. The van der Waals surface area contributed by atoms with Gasteiger partial charge in [0.05, 0.1) is 6.04 Å². The van der Waals surface area contributed by atoms with Gasteiger partial charge >= 0.3 is 0 Å². The molecule has 3 rings (SSSR count). The molecule has 0 spiro atoms. The number of carbonyl (C=O) groups is 1. The number of benzene rings is 3. The maximum Gasteiger partial charge on any atom is 0.217 e. The molecular formula is C19H15Cl2NO2. The molecule has 122 valence electrons. The van der Waals surface area contributed by atoms with Crippen LogP contribution in [0.4, 0.5) is 0 Å². The average Bonchev–Trinajstić information content (AvgIpc) is 2.53. The predicted molar refractivity (Wildman–Crippen MR) is 97.7 cm³/mol. The monoisotopic (exact) mass is 359 g/mol. The molecule has 0 radical (unpaired) electrons. The Kier molecular flexibility index (Phi) is 4.65. The van der Waals surface area contributed by atoms with Crippen molar-refractivity contribution in [2.24, 2.45) is 0 Å². The van der Waals surface area contributed by atoms with Crippen molar-refractivity contribution in [2.75, 3.05) is 0 Å². The number of hydrogen-bond acceptors (Lipinski definition) is 2. The van der Waals surface area contributed by atoms with Crippen LogP contribution in [-0.2, 0) is 4.79 Å². The number of rotatable bonds is 3. The van der Waals surface area contributed by atoms with E-state index in [4.69, 9.17) is 23.2 Å². The lowest BCUT2D eigenvalue weighted by Crippen LogP contribution is -2.27. The first-order valence-electron chi connectivity index (χ1n) is 7.40. The maximum atomic E-state index is 11.8. The zero-order valence-electron chi connectivity index (χ0n) is 12.9. The van der Waals surface area contributed by atoms with Crippen molar-refractivity contribution in [1.82, 2.24) is 5.32 Å². The van der Waals surface area contributed by atoms with Crippen molar-refractivity contribution in [1.29, 1.82) is 0 Å². The molecule has 5 heteroatoms. The summed E-state index contributed by atoms with van der Waals surface area (Å²) >= 11 is 12.3. The summed E-state index contributed by atoms with van der Waals surface area (Å²) in [5, 5.41) is 16.1. The third kappa shape index (κ3) is 3.18. The minimum Gasteiger partial charge on any atom is -0.508 e. The Labute approximate surface area is 149 Å². The quantitative estimate of drug-likeness (QED) is 0.685. The molecule has 0 aliphatic heterocycles. The van der Waals surface area contributed by atoms with Gasteiger partial charge in [0.25, 0.3) is 0 Å². The van der Waals surface area contributed by atoms with Crippen LogP contribution in [0.15, 0.2) is 54.6 Å². The van der Waals surface area contributed by atoms with E-state index in [9.17, 15) is 9.90 Å². The highest BCUT2D eigenvalue weighted by molar-refractivity contribution is 6.35. The fourth-order valence-corrected chi connectivity index (χ4v) is 3.35. The molecule has 24 heavy (non-hydrogen) atoms. The van der Waals surface area contributed by atoms with Crippen molar-refractivity contribution < 1.29 is 9.90 Å². The van der Waals surface area contributed by atoms with E-state index < -0.39 is 6.04 Å². The van der Waals surface area contributed by atoms with Gasteiger partial charge in [0.2, 0.25) is 5.91 Å². The van der Waals surface area contributed by atoms with E-state index in [-0.39, 0.29) is 11.7 Å². The third-order valence-corrected chi connectivity index (χ3v) is 4.42. The molecule has 1 unspecified atom stereocenters. The number of halogens is 2. The first-order chi connectivity index (χ1) is 11.5. The zero-order valence-corrected chi connectivity index (χ0v) is 14.4. The molecule has 2 N–H and O–H groups in total. The summed E-state index contributed by atoms with van der Waals surface area (Å²) in [6, 6.07) is 15.6. The molecule has 0 bridgehead atoms. The number of aromatic hydroxyl groups is 1. The van der Waals surface area contributed by atoms with Gasteiger partial charge in [-0.25, -0.2) is 0 Å². The summed E-state index contributed by atoms with van der Waals surface area (Å²) in [5.41, 5.74) is 1.27. The van der Waals surface area contributed by atoms with Gasteiger partial charge in [0.15, 0.2) is 0 Å². The summed E-state index contributed by atoms with van der Waals surface area (Å²) in [6.45, 7) is 1.43. The molecule has 0 aliphatic carbocycles. The van der Waals surface area contributed by atoms with Crippen LogP contribution in [0, 0.1) is 0 Å². The fourth-order valence-electron chi connectivity index (χ4n) is 2.83. The molecule has 1 atom stereocenters. The van der Waals surface area contributed by atoms with E-state index in [1.54, 1.807) is 24.3 Å². The minimum atomic E-state index is -0.585. The molecule has 0 saturated heterocycles. The van der Waals surface area contributed by atoms with Gasteiger partial charge in [0.1, 0.15) is 5.75 Å². The largest absolute Gasteiger partial charge is 0.508 e. The zero-order chi connectivity index (χ0) is 17.3. The van der Waals surface area contributed by atoms with E-state index in [0.29, 0.717) is 21.2 Å². The summed E-state index contributed by atoms with van der Waals surface area (Å²) in [4.78, 5) is 11.8. The van der Waals surface area contributed by atoms with Crippen molar-refractivity contribution in [3.63, 3.8) is 0 Å². The molecule has 3 aromatic carbocycles. The Hall–Kier alpha value is -2.23. The Morgan fingerprint density at radius 3 is 2.54 bits per heavy atom. The second kappa shape index (κ2) is 6.71. The van der Waals surface area contributed by atoms with E-state index in [2.05, 4.69) is 5.32 Å². The standard InChI is InChI=1S/C19H15Cl2NO2/c1-11(23)22-19(15-8-7-13(20)10-16(15)21)18-14-5-3-2-4-12(14)6-9-17(18)24/h2-10,19,24H,1H3,(H,22,23). The lowest BCUT2D eigenvalue weighted by molar-refractivity contribution is -0.119. The first kappa shape index (κ1) is 16.6. The number of phenols is 1. The number of hydrogen-bond donors (Lipinski definition) is 2. The van der Waals surface area contributed by atoms with Crippen molar-refractivity contribution >= 4 is 39.9 Å². The number of nitrogens with one attached hydrogen (secondary N) is 1. The molecule has 3 nitrogen and oxygen atoms in total. The van der Waals surface area contributed by atoms with Gasteiger partial charge in [0, 0.05) is 22.5 Å². The van der Waals surface area contributed by atoms with Crippen molar-refractivity contribution in [3.05, 3.63) is 75.8 Å². The molecule has 0 saturated carbocycles. The first-order valence-corrected chi connectivity index (χ1v) is 8.15. The molecule has 0 aliphatic rings. The minimum absolute atomic E-state index is 0.0958. The van der Waals surface area contributed by atoms with Crippen molar-refractivity contribution in [3.8, 4) is 5.75 Å². The number of carbonyl (C=O) groups excluding carboxylic acids is 1. The summed E-state index contributed by atoms with van der Waals surface area (Å²) in [7, 11) is 0. The molecule has 1 amide bonds. The van der Waals surface area contributed by atoms with Crippen LogP contribution in [0.25, 0.3) is 10.8 Å². The predicted octanol–water partition coefficient (Wildman–Crippen LogP) is 5.08. The topological polar surface area (TPSA) is 49.3 Å². The van der Waals surface area contributed by atoms with E-state index in [1.807, 2.05) is 30.3 Å². The van der Waals surface area contributed by atoms with Gasteiger partial charge in [-0.2, -0.15) is 0 Å². The highest BCUT2D eigenvalue weighted by Crippen LogP contribution is 2.38. The smallest absolute Gasteiger partial charge is 0.217 e. The van der Waals surface area contributed by atoms with E-state index >= 15 is 0 Å².